The Morgan fingerprint density at radius 2 is 1.82 bits per heavy atom. The van der Waals surface area contributed by atoms with Gasteiger partial charge in [-0.15, -0.1) is 0 Å². The molecule has 2 aromatic rings. The monoisotopic (exact) mass is 382 g/mol. The highest BCUT2D eigenvalue weighted by molar-refractivity contribution is 5.92. The largest absolute Gasteiger partial charge is 0.497 e. The maximum Gasteiger partial charge on any atom is 0.337 e. The molecule has 1 unspecified atom stereocenters. The van der Waals surface area contributed by atoms with Gasteiger partial charge in [-0.05, 0) is 55.6 Å². The van der Waals surface area contributed by atoms with E-state index in [0.717, 1.165) is 16.9 Å². The van der Waals surface area contributed by atoms with E-state index in [2.05, 4.69) is 10.1 Å². The molecule has 1 amide bonds. The van der Waals surface area contributed by atoms with Crippen LogP contribution in [0.25, 0.3) is 6.08 Å². The van der Waals surface area contributed by atoms with E-state index in [1.165, 1.54) is 13.2 Å². The minimum Gasteiger partial charge on any atom is -0.497 e. The Kier molecular flexibility index (Phi) is 7.77. The number of esters is 1. The second kappa shape index (κ2) is 10.3. The molecule has 2 rings (SSSR count). The molecule has 0 aliphatic rings. The predicted octanol–water partition coefficient (Wildman–Crippen LogP) is 2.91. The highest BCUT2D eigenvalue weighted by Gasteiger charge is 2.15. The number of ether oxygens (including phenoxy) is 2. The van der Waals surface area contributed by atoms with Crippen molar-refractivity contribution in [3.05, 3.63) is 71.3 Å². The maximum atomic E-state index is 12.2. The minimum absolute atomic E-state index is 0.0202. The molecule has 6 nitrogen and oxygen atoms in total. The number of likely N-dealkylation sites (N-methyl/N-ethyl adjacent to an activating group) is 1. The first-order valence-corrected chi connectivity index (χ1v) is 8.89. The number of hydrogen-bond donors (Lipinski definition) is 1. The summed E-state index contributed by atoms with van der Waals surface area (Å²) in [6.45, 7) is 0.463. The van der Waals surface area contributed by atoms with Crippen molar-refractivity contribution in [2.75, 3.05) is 34.9 Å². The van der Waals surface area contributed by atoms with Crippen molar-refractivity contribution in [3.63, 3.8) is 0 Å². The Bertz CT molecular complexity index is 829. The van der Waals surface area contributed by atoms with Gasteiger partial charge in [-0.2, -0.15) is 0 Å². The Hall–Kier alpha value is -3.12. The van der Waals surface area contributed by atoms with Gasteiger partial charge in [0.2, 0.25) is 5.91 Å². The third-order valence-corrected chi connectivity index (χ3v) is 4.33. The first-order chi connectivity index (χ1) is 13.4. The fourth-order valence-electron chi connectivity index (χ4n) is 2.72. The van der Waals surface area contributed by atoms with Gasteiger partial charge in [0.25, 0.3) is 0 Å². The second-order valence-corrected chi connectivity index (χ2v) is 6.45. The first-order valence-electron chi connectivity index (χ1n) is 8.89. The van der Waals surface area contributed by atoms with E-state index < -0.39 is 0 Å². The van der Waals surface area contributed by atoms with E-state index in [1.807, 2.05) is 43.3 Å². The first kappa shape index (κ1) is 21.2. The number of nitrogens with zero attached hydrogens (tertiary/aromatic N) is 1. The van der Waals surface area contributed by atoms with Crippen molar-refractivity contribution >= 4 is 18.0 Å². The number of benzene rings is 2. The van der Waals surface area contributed by atoms with Crippen LogP contribution in [0.4, 0.5) is 0 Å². The fourth-order valence-corrected chi connectivity index (χ4v) is 2.72. The number of hydrogen-bond acceptors (Lipinski definition) is 5. The van der Waals surface area contributed by atoms with Crippen LogP contribution in [0.5, 0.6) is 5.75 Å². The van der Waals surface area contributed by atoms with Crippen LogP contribution in [0, 0.1) is 0 Å². The highest BCUT2D eigenvalue weighted by atomic mass is 16.5. The summed E-state index contributed by atoms with van der Waals surface area (Å²) < 4.78 is 9.95. The molecule has 2 aromatic carbocycles. The van der Waals surface area contributed by atoms with Gasteiger partial charge in [-0.3, -0.25) is 4.79 Å². The summed E-state index contributed by atoms with van der Waals surface area (Å²) in [5, 5.41) is 2.93. The van der Waals surface area contributed by atoms with E-state index >= 15 is 0 Å². The summed E-state index contributed by atoms with van der Waals surface area (Å²) in [6, 6.07) is 14.7. The van der Waals surface area contributed by atoms with Gasteiger partial charge in [0.05, 0.1) is 25.8 Å². The van der Waals surface area contributed by atoms with E-state index in [0.29, 0.717) is 12.1 Å². The van der Waals surface area contributed by atoms with Crippen LogP contribution in [0.3, 0.4) is 0 Å². The number of carbonyl (C=O) groups is 2. The highest BCUT2D eigenvalue weighted by Crippen LogP contribution is 2.22. The SMILES string of the molecule is COC(=O)c1ccc(/C=C/C(=O)NCC(c2cccc(OC)c2)N(C)C)cc1. The smallest absolute Gasteiger partial charge is 0.337 e. The summed E-state index contributed by atoms with van der Waals surface area (Å²) >= 11 is 0. The molecule has 0 aliphatic carbocycles. The van der Waals surface area contributed by atoms with E-state index in [-0.39, 0.29) is 17.9 Å². The van der Waals surface area contributed by atoms with Crippen LogP contribution in [0.15, 0.2) is 54.6 Å². The lowest BCUT2D eigenvalue weighted by Crippen LogP contribution is -2.33. The standard InChI is InChI=1S/C22H26N2O4/c1-24(2)20(18-6-5-7-19(14-18)27-3)15-23-21(25)13-10-16-8-11-17(12-9-16)22(26)28-4/h5-14,20H,15H2,1-4H3,(H,23,25)/b13-10+. The third-order valence-electron chi connectivity index (χ3n) is 4.33. The molecule has 1 atom stereocenters. The van der Waals surface area contributed by atoms with Crippen LogP contribution >= 0.6 is 0 Å². The van der Waals surface area contributed by atoms with Crippen molar-refractivity contribution in [2.45, 2.75) is 6.04 Å². The quantitative estimate of drug-likeness (QED) is 0.562. The molecular formula is C22H26N2O4. The summed E-state index contributed by atoms with van der Waals surface area (Å²) in [4.78, 5) is 25.7. The van der Waals surface area contributed by atoms with Crippen LogP contribution in [0.2, 0.25) is 0 Å². The van der Waals surface area contributed by atoms with Gasteiger partial charge in [0.15, 0.2) is 0 Å². The molecule has 6 heteroatoms. The van der Waals surface area contributed by atoms with Gasteiger partial charge in [-0.1, -0.05) is 24.3 Å². The van der Waals surface area contributed by atoms with Crippen molar-refractivity contribution in [1.29, 1.82) is 0 Å². The zero-order chi connectivity index (χ0) is 20.5. The number of rotatable bonds is 8. The van der Waals surface area contributed by atoms with E-state index in [9.17, 15) is 9.59 Å². The minimum atomic E-state index is -0.388. The maximum absolute atomic E-state index is 12.2. The Morgan fingerprint density at radius 1 is 1.11 bits per heavy atom. The summed E-state index contributed by atoms with van der Waals surface area (Å²) in [5.41, 5.74) is 2.35. The van der Waals surface area contributed by atoms with Gasteiger partial charge in [0.1, 0.15) is 5.75 Å². The summed E-state index contributed by atoms with van der Waals surface area (Å²) in [5.74, 6) is 0.207. The van der Waals surface area contributed by atoms with Crippen LogP contribution in [-0.4, -0.2) is 51.6 Å². The molecule has 0 saturated carbocycles. The molecular weight excluding hydrogens is 356 g/mol. The number of carbonyl (C=O) groups excluding carboxylic acids is 2. The van der Waals surface area contributed by atoms with Crippen LogP contribution in [0.1, 0.15) is 27.5 Å². The lowest BCUT2D eigenvalue weighted by Gasteiger charge is -2.25. The van der Waals surface area contributed by atoms with E-state index in [1.54, 1.807) is 37.5 Å². The lowest BCUT2D eigenvalue weighted by molar-refractivity contribution is -0.116. The molecule has 148 valence electrons. The summed E-state index contributed by atoms with van der Waals surface area (Å²) in [7, 11) is 6.91. The van der Waals surface area contributed by atoms with Crippen LogP contribution < -0.4 is 10.1 Å². The zero-order valence-electron chi connectivity index (χ0n) is 16.6. The van der Waals surface area contributed by atoms with Crippen molar-refractivity contribution in [1.82, 2.24) is 10.2 Å². The average Bonchev–Trinajstić information content (AvgIpc) is 2.72. The van der Waals surface area contributed by atoms with Crippen molar-refractivity contribution in [3.8, 4) is 5.75 Å². The number of methoxy groups -OCH3 is 2. The topological polar surface area (TPSA) is 67.9 Å². The molecule has 0 aromatic heterocycles. The van der Waals surface area contributed by atoms with Gasteiger partial charge in [-0.25, -0.2) is 4.79 Å². The number of amides is 1. The lowest BCUT2D eigenvalue weighted by atomic mass is 10.1. The zero-order valence-corrected chi connectivity index (χ0v) is 16.6. The molecule has 0 radical (unpaired) electrons. The Balaban J connectivity index is 1.97. The van der Waals surface area contributed by atoms with E-state index in [4.69, 9.17) is 4.74 Å². The van der Waals surface area contributed by atoms with Gasteiger partial charge >= 0.3 is 5.97 Å². The Morgan fingerprint density at radius 3 is 2.43 bits per heavy atom. The van der Waals surface area contributed by atoms with Crippen LogP contribution in [-0.2, 0) is 9.53 Å². The fraction of sp³-hybridized carbons (Fsp3) is 0.273. The molecule has 28 heavy (non-hydrogen) atoms. The predicted molar refractivity (Wildman–Crippen MR) is 109 cm³/mol. The third kappa shape index (κ3) is 5.96. The molecule has 0 fully saturated rings. The molecule has 0 saturated heterocycles. The molecule has 0 aliphatic heterocycles. The molecule has 0 bridgehead atoms. The van der Waals surface area contributed by atoms with Crippen molar-refractivity contribution in [2.24, 2.45) is 0 Å². The summed E-state index contributed by atoms with van der Waals surface area (Å²) in [6.07, 6.45) is 3.18. The average molecular weight is 382 g/mol. The second-order valence-electron chi connectivity index (χ2n) is 6.45. The molecule has 0 heterocycles. The Labute approximate surface area is 165 Å². The molecule has 0 spiro atoms. The van der Waals surface area contributed by atoms with Gasteiger partial charge < -0.3 is 19.7 Å². The number of nitrogens with one attached hydrogen (secondary N) is 1. The normalized spacial score (nSPS) is 12.0. The van der Waals surface area contributed by atoms with Gasteiger partial charge in [0, 0.05) is 12.6 Å². The molecule has 1 N–H and O–H groups in total. The van der Waals surface area contributed by atoms with Crippen molar-refractivity contribution < 1.29 is 19.1 Å².